The summed E-state index contributed by atoms with van der Waals surface area (Å²) in [6.07, 6.45) is 2.04. The van der Waals surface area contributed by atoms with Crippen molar-refractivity contribution in [1.29, 1.82) is 0 Å². The van der Waals surface area contributed by atoms with Gasteiger partial charge >= 0.3 is 5.97 Å². The number of nitrogens with one attached hydrogen (secondary N) is 2. The number of hydrogen-bond donors (Lipinski definition) is 3. The van der Waals surface area contributed by atoms with Crippen molar-refractivity contribution in [3.05, 3.63) is 29.3 Å². The number of carboxylic acid groups (broad SMARTS) is 1. The number of anilines is 1. The van der Waals surface area contributed by atoms with Gasteiger partial charge in [-0.3, -0.25) is 9.59 Å². The molecule has 6 nitrogen and oxygen atoms in total. The number of amides is 2. The van der Waals surface area contributed by atoms with Gasteiger partial charge < -0.3 is 15.7 Å². The summed E-state index contributed by atoms with van der Waals surface area (Å²) < 4.78 is 0. The van der Waals surface area contributed by atoms with Crippen LogP contribution in [0.15, 0.2) is 18.2 Å². The van der Waals surface area contributed by atoms with Gasteiger partial charge in [0.2, 0.25) is 11.8 Å². The number of carboxylic acids is 1. The lowest BCUT2D eigenvalue weighted by Crippen LogP contribution is -2.44. The second-order valence-corrected chi connectivity index (χ2v) is 6.20. The normalized spacial score (nSPS) is 14.3. The Hall–Kier alpha value is -2.37. The van der Waals surface area contributed by atoms with Gasteiger partial charge in [-0.25, -0.2) is 4.79 Å². The maximum Gasteiger partial charge on any atom is 0.326 e. The Morgan fingerprint density at radius 2 is 2.09 bits per heavy atom. The van der Waals surface area contributed by atoms with E-state index in [0.717, 1.165) is 16.8 Å². The summed E-state index contributed by atoms with van der Waals surface area (Å²) >= 11 is 0. The lowest BCUT2D eigenvalue weighted by Gasteiger charge is -2.17. The van der Waals surface area contributed by atoms with Gasteiger partial charge in [0, 0.05) is 12.1 Å². The van der Waals surface area contributed by atoms with Crippen LogP contribution in [-0.4, -0.2) is 28.9 Å². The van der Waals surface area contributed by atoms with E-state index in [1.165, 1.54) is 0 Å². The highest BCUT2D eigenvalue weighted by molar-refractivity contribution is 5.99. The Kier molecular flexibility index (Phi) is 5.36. The maximum atomic E-state index is 11.9. The average molecular weight is 318 g/mol. The van der Waals surface area contributed by atoms with Crippen molar-refractivity contribution in [2.75, 3.05) is 5.32 Å². The quantitative estimate of drug-likeness (QED) is 0.713. The molecule has 0 saturated heterocycles. The lowest BCUT2D eigenvalue weighted by molar-refractivity contribution is -0.143. The molecule has 1 aromatic rings. The molecule has 0 aromatic heterocycles. The minimum atomic E-state index is -1.01. The van der Waals surface area contributed by atoms with Crippen LogP contribution in [0.5, 0.6) is 0 Å². The van der Waals surface area contributed by atoms with Crippen LogP contribution in [0.3, 0.4) is 0 Å². The highest BCUT2D eigenvalue weighted by atomic mass is 16.4. The molecule has 0 fully saturated rings. The van der Waals surface area contributed by atoms with Gasteiger partial charge in [-0.15, -0.1) is 0 Å². The first-order valence-electron chi connectivity index (χ1n) is 7.80. The SMILES string of the molecule is CC(C)[C@H](NC(=O)CCCc1ccc2c(c1)CC(=O)N2)C(=O)O. The molecule has 6 heteroatoms. The fourth-order valence-electron chi connectivity index (χ4n) is 2.65. The van der Waals surface area contributed by atoms with Crippen LogP contribution < -0.4 is 10.6 Å². The third-order valence-corrected chi connectivity index (χ3v) is 3.91. The zero-order chi connectivity index (χ0) is 17.0. The molecule has 1 aliphatic rings. The monoisotopic (exact) mass is 318 g/mol. The van der Waals surface area contributed by atoms with E-state index in [2.05, 4.69) is 10.6 Å². The molecule has 0 unspecified atom stereocenters. The number of rotatable bonds is 7. The predicted molar refractivity (Wildman–Crippen MR) is 86.1 cm³/mol. The molecule has 1 aromatic carbocycles. The van der Waals surface area contributed by atoms with Crippen LogP contribution in [0.4, 0.5) is 5.69 Å². The number of fused-ring (bicyclic) bond motifs is 1. The molecule has 3 N–H and O–H groups in total. The molecule has 1 heterocycles. The number of hydrogen-bond acceptors (Lipinski definition) is 3. The molecule has 0 bridgehead atoms. The smallest absolute Gasteiger partial charge is 0.326 e. The largest absolute Gasteiger partial charge is 0.480 e. The van der Waals surface area contributed by atoms with Gasteiger partial charge in [0.25, 0.3) is 0 Å². The van der Waals surface area contributed by atoms with Crippen LogP contribution in [-0.2, 0) is 27.2 Å². The van der Waals surface area contributed by atoms with E-state index < -0.39 is 12.0 Å². The Morgan fingerprint density at radius 1 is 1.35 bits per heavy atom. The van der Waals surface area contributed by atoms with Crippen molar-refractivity contribution in [1.82, 2.24) is 5.32 Å². The standard InChI is InChI=1S/C17H22N2O4/c1-10(2)16(17(22)23)19-14(20)5-3-4-11-6-7-13-12(8-11)9-15(21)18-13/h6-8,10,16H,3-5,9H2,1-2H3,(H,18,21)(H,19,20)(H,22,23)/t16-/m0/s1. The number of carbonyl (C=O) groups is 3. The number of aliphatic carboxylic acids is 1. The summed E-state index contributed by atoms with van der Waals surface area (Å²) in [4.78, 5) is 34.2. The third-order valence-electron chi connectivity index (χ3n) is 3.91. The van der Waals surface area contributed by atoms with Crippen LogP contribution in [0.25, 0.3) is 0 Å². The molecule has 1 aliphatic heterocycles. The van der Waals surface area contributed by atoms with Gasteiger partial charge in [0.15, 0.2) is 0 Å². The molecule has 0 spiro atoms. The molecular formula is C17H22N2O4. The Balaban J connectivity index is 1.81. The molecule has 2 rings (SSSR count). The third kappa shape index (κ3) is 4.55. The highest BCUT2D eigenvalue weighted by Gasteiger charge is 2.23. The van der Waals surface area contributed by atoms with E-state index in [-0.39, 0.29) is 24.2 Å². The van der Waals surface area contributed by atoms with Crippen molar-refractivity contribution < 1.29 is 19.5 Å². The maximum absolute atomic E-state index is 11.9. The zero-order valence-electron chi connectivity index (χ0n) is 13.4. The second-order valence-electron chi connectivity index (χ2n) is 6.20. The lowest BCUT2D eigenvalue weighted by atomic mass is 10.0. The summed E-state index contributed by atoms with van der Waals surface area (Å²) in [5.74, 6) is -1.41. The summed E-state index contributed by atoms with van der Waals surface area (Å²) in [7, 11) is 0. The molecule has 23 heavy (non-hydrogen) atoms. The van der Waals surface area contributed by atoms with Crippen LogP contribution in [0.2, 0.25) is 0 Å². The first-order valence-corrected chi connectivity index (χ1v) is 7.80. The minimum Gasteiger partial charge on any atom is -0.480 e. The van der Waals surface area contributed by atoms with E-state index >= 15 is 0 Å². The van der Waals surface area contributed by atoms with Gasteiger partial charge in [0.05, 0.1) is 6.42 Å². The average Bonchev–Trinajstić information content (AvgIpc) is 2.83. The molecular weight excluding hydrogens is 296 g/mol. The van der Waals surface area contributed by atoms with E-state index in [4.69, 9.17) is 5.11 Å². The summed E-state index contributed by atoms with van der Waals surface area (Å²) in [5.41, 5.74) is 2.92. The fourth-order valence-corrected chi connectivity index (χ4v) is 2.65. The summed E-state index contributed by atoms with van der Waals surface area (Å²) in [6.45, 7) is 3.53. The topological polar surface area (TPSA) is 95.5 Å². The molecule has 0 radical (unpaired) electrons. The fraction of sp³-hybridized carbons (Fsp3) is 0.471. The molecule has 124 valence electrons. The first kappa shape index (κ1) is 17.0. The number of aryl methyl sites for hydroxylation is 1. The van der Waals surface area contributed by atoms with Gasteiger partial charge in [-0.1, -0.05) is 26.0 Å². The van der Waals surface area contributed by atoms with E-state index in [9.17, 15) is 14.4 Å². The van der Waals surface area contributed by atoms with E-state index in [1.54, 1.807) is 13.8 Å². The Bertz CT molecular complexity index is 625. The van der Waals surface area contributed by atoms with Crippen LogP contribution in [0.1, 0.15) is 37.8 Å². The van der Waals surface area contributed by atoms with Crippen molar-refractivity contribution in [3.8, 4) is 0 Å². The van der Waals surface area contributed by atoms with Crippen molar-refractivity contribution in [2.45, 2.75) is 45.6 Å². The van der Waals surface area contributed by atoms with E-state index in [0.29, 0.717) is 19.3 Å². The van der Waals surface area contributed by atoms with Gasteiger partial charge in [0.1, 0.15) is 6.04 Å². The molecule has 2 amide bonds. The van der Waals surface area contributed by atoms with Gasteiger partial charge in [-0.05, 0) is 36.0 Å². The van der Waals surface area contributed by atoms with Crippen molar-refractivity contribution in [2.24, 2.45) is 5.92 Å². The van der Waals surface area contributed by atoms with E-state index in [1.807, 2.05) is 18.2 Å². The second kappa shape index (κ2) is 7.26. The number of benzene rings is 1. The van der Waals surface area contributed by atoms with Crippen molar-refractivity contribution in [3.63, 3.8) is 0 Å². The van der Waals surface area contributed by atoms with Gasteiger partial charge in [-0.2, -0.15) is 0 Å². The molecule has 1 atom stereocenters. The van der Waals surface area contributed by atoms with Crippen LogP contribution >= 0.6 is 0 Å². The summed E-state index contributed by atoms with van der Waals surface area (Å²) in [6, 6.07) is 4.96. The molecule has 0 aliphatic carbocycles. The highest BCUT2D eigenvalue weighted by Crippen LogP contribution is 2.24. The predicted octanol–water partition coefficient (Wildman–Crippen LogP) is 1.73. The summed E-state index contributed by atoms with van der Waals surface area (Å²) in [5, 5.41) is 14.4. The van der Waals surface area contributed by atoms with Crippen LogP contribution in [0, 0.1) is 5.92 Å². The molecule has 0 saturated carbocycles. The first-order chi connectivity index (χ1) is 10.9. The minimum absolute atomic E-state index is 0.00456. The Labute approximate surface area is 135 Å². The number of carbonyl (C=O) groups excluding carboxylic acids is 2. The van der Waals surface area contributed by atoms with Crippen molar-refractivity contribution >= 4 is 23.5 Å². The zero-order valence-corrected chi connectivity index (χ0v) is 13.4. The Morgan fingerprint density at radius 3 is 2.74 bits per heavy atom.